The molecule has 0 saturated heterocycles. The number of hydrogen-bond donors (Lipinski definition) is 3. The average Bonchev–Trinajstić information content (AvgIpc) is 2.48. The number of carboxylic acid groups (broad SMARTS) is 1. The van der Waals surface area contributed by atoms with Gasteiger partial charge in [0.1, 0.15) is 5.75 Å². The van der Waals surface area contributed by atoms with E-state index in [0.29, 0.717) is 17.5 Å². The Morgan fingerprint density at radius 2 is 1.81 bits per heavy atom. The Kier molecular flexibility index (Phi) is 4.84. The Hall–Kier alpha value is -2.93. The molecule has 0 aliphatic heterocycles. The van der Waals surface area contributed by atoms with E-state index in [9.17, 15) is 9.90 Å². The van der Waals surface area contributed by atoms with Crippen molar-refractivity contribution in [2.24, 2.45) is 0 Å². The molecule has 21 heavy (non-hydrogen) atoms. The van der Waals surface area contributed by atoms with Crippen molar-refractivity contribution >= 4 is 6.09 Å². The quantitative estimate of drug-likeness (QED) is 0.757. The molecule has 4 nitrogen and oxygen atoms in total. The summed E-state index contributed by atoms with van der Waals surface area (Å²) in [6.45, 7) is 0.248. The van der Waals surface area contributed by atoms with Crippen molar-refractivity contribution in [2.75, 3.05) is 6.54 Å². The Labute approximate surface area is 123 Å². The van der Waals surface area contributed by atoms with Gasteiger partial charge in [-0.3, -0.25) is 0 Å². The second-order valence-corrected chi connectivity index (χ2v) is 4.41. The lowest BCUT2D eigenvalue weighted by Gasteiger charge is -2.06. The third-order valence-corrected chi connectivity index (χ3v) is 2.91. The number of rotatable bonds is 3. The molecule has 2 rings (SSSR count). The maximum absolute atomic E-state index is 10.4. The highest BCUT2D eigenvalue weighted by Gasteiger charge is 2.05. The molecule has 0 bridgehead atoms. The molecule has 1 amide bonds. The van der Waals surface area contributed by atoms with Gasteiger partial charge in [0.25, 0.3) is 0 Å². The number of aromatic hydroxyl groups is 1. The Morgan fingerprint density at radius 3 is 2.52 bits per heavy atom. The molecule has 0 heterocycles. The van der Waals surface area contributed by atoms with Gasteiger partial charge in [-0.15, -0.1) is 0 Å². The number of phenolic OH excluding ortho intramolecular Hbond substituents is 1. The van der Waals surface area contributed by atoms with E-state index in [-0.39, 0.29) is 12.3 Å². The second kappa shape index (κ2) is 7.01. The molecule has 0 aliphatic rings. The van der Waals surface area contributed by atoms with Crippen molar-refractivity contribution in [2.45, 2.75) is 6.42 Å². The van der Waals surface area contributed by atoms with Crippen LogP contribution in [0.15, 0.2) is 48.5 Å². The zero-order chi connectivity index (χ0) is 15.1. The second-order valence-electron chi connectivity index (χ2n) is 4.41. The summed E-state index contributed by atoms with van der Waals surface area (Å²) in [7, 11) is 0. The number of benzene rings is 2. The fraction of sp³-hybridized carbons (Fsp3) is 0.118. The van der Waals surface area contributed by atoms with Gasteiger partial charge in [-0.25, -0.2) is 4.79 Å². The summed E-state index contributed by atoms with van der Waals surface area (Å²) in [4.78, 5) is 10.4. The van der Waals surface area contributed by atoms with Crippen LogP contribution in [0.1, 0.15) is 16.7 Å². The Balaban J connectivity index is 2.14. The van der Waals surface area contributed by atoms with E-state index in [1.807, 2.05) is 30.3 Å². The fourth-order valence-corrected chi connectivity index (χ4v) is 1.86. The first-order valence-electron chi connectivity index (χ1n) is 6.51. The zero-order valence-electron chi connectivity index (χ0n) is 11.3. The first-order chi connectivity index (χ1) is 10.2. The number of hydrogen-bond acceptors (Lipinski definition) is 2. The minimum absolute atomic E-state index is 0.105. The standard InChI is InChI=1S/C17H15NO3/c19-16-14(10-9-13-5-2-1-3-6-13)7-4-8-15(16)11-12-18-17(20)21/h1-8,18-19H,11-12H2,(H,20,21). The fourth-order valence-electron chi connectivity index (χ4n) is 1.86. The Bertz CT molecular complexity index is 684. The van der Waals surface area contributed by atoms with Gasteiger partial charge in [-0.2, -0.15) is 0 Å². The van der Waals surface area contributed by atoms with Crippen molar-refractivity contribution in [3.63, 3.8) is 0 Å². The lowest BCUT2D eigenvalue weighted by molar-refractivity contribution is 0.194. The number of para-hydroxylation sites is 1. The van der Waals surface area contributed by atoms with Crippen molar-refractivity contribution in [1.82, 2.24) is 5.32 Å². The predicted octanol–water partition coefficient (Wildman–Crippen LogP) is 2.60. The van der Waals surface area contributed by atoms with E-state index in [1.165, 1.54) is 0 Å². The first kappa shape index (κ1) is 14.5. The summed E-state index contributed by atoms with van der Waals surface area (Å²) in [6, 6.07) is 14.8. The van der Waals surface area contributed by atoms with E-state index in [4.69, 9.17) is 5.11 Å². The molecular formula is C17H15NO3. The topological polar surface area (TPSA) is 69.6 Å². The highest BCUT2D eigenvalue weighted by molar-refractivity contribution is 5.64. The molecular weight excluding hydrogens is 266 g/mol. The minimum Gasteiger partial charge on any atom is -0.506 e. The van der Waals surface area contributed by atoms with Crippen LogP contribution < -0.4 is 5.32 Å². The molecule has 0 unspecified atom stereocenters. The van der Waals surface area contributed by atoms with Crippen molar-refractivity contribution in [3.8, 4) is 17.6 Å². The van der Waals surface area contributed by atoms with Crippen LogP contribution in [0.4, 0.5) is 4.79 Å². The van der Waals surface area contributed by atoms with Gasteiger partial charge in [0.2, 0.25) is 0 Å². The normalized spacial score (nSPS) is 9.52. The van der Waals surface area contributed by atoms with Gasteiger partial charge < -0.3 is 15.5 Å². The number of phenols is 1. The smallest absolute Gasteiger partial charge is 0.404 e. The van der Waals surface area contributed by atoms with Gasteiger partial charge in [0.15, 0.2) is 0 Å². The third kappa shape index (κ3) is 4.29. The van der Waals surface area contributed by atoms with E-state index in [0.717, 1.165) is 5.56 Å². The summed E-state index contributed by atoms with van der Waals surface area (Å²) in [5, 5.41) is 21.0. The maximum atomic E-state index is 10.4. The molecule has 0 radical (unpaired) electrons. The van der Waals surface area contributed by atoms with Crippen LogP contribution in [0.25, 0.3) is 0 Å². The minimum atomic E-state index is -1.07. The molecule has 2 aromatic carbocycles. The molecule has 2 aromatic rings. The predicted molar refractivity (Wildman–Crippen MR) is 80.3 cm³/mol. The lowest BCUT2D eigenvalue weighted by atomic mass is 10.1. The van der Waals surface area contributed by atoms with Gasteiger partial charge in [0, 0.05) is 12.1 Å². The highest BCUT2D eigenvalue weighted by atomic mass is 16.4. The lowest BCUT2D eigenvalue weighted by Crippen LogP contribution is -2.23. The van der Waals surface area contributed by atoms with Crippen LogP contribution in [0.3, 0.4) is 0 Å². The Morgan fingerprint density at radius 1 is 1.05 bits per heavy atom. The summed E-state index contributed by atoms with van der Waals surface area (Å²) < 4.78 is 0. The van der Waals surface area contributed by atoms with Crippen LogP contribution in [0.5, 0.6) is 5.75 Å². The van der Waals surface area contributed by atoms with E-state index < -0.39 is 6.09 Å². The zero-order valence-corrected chi connectivity index (χ0v) is 11.3. The third-order valence-electron chi connectivity index (χ3n) is 2.91. The molecule has 0 saturated carbocycles. The van der Waals surface area contributed by atoms with Gasteiger partial charge in [0.05, 0.1) is 5.56 Å². The van der Waals surface area contributed by atoms with Crippen LogP contribution in [0, 0.1) is 11.8 Å². The summed E-state index contributed by atoms with van der Waals surface area (Å²) in [5.74, 6) is 6.02. The monoisotopic (exact) mass is 281 g/mol. The van der Waals surface area contributed by atoms with Crippen LogP contribution in [0.2, 0.25) is 0 Å². The molecule has 0 atom stereocenters. The molecule has 4 heteroatoms. The number of nitrogens with one attached hydrogen (secondary N) is 1. The van der Waals surface area contributed by atoms with Crippen molar-refractivity contribution in [1.29, 1.82) is 0 Å². The molecule has 0 spiro atoms. The molecule has 3 N–H and O–H groups in total. The van der Waals surface area contributed by atoms with Crippen LogP contribution in [-0.4, -0.2) is 22.9 Å². The van der Waals surface area contributed by atoms with Crippen molar-refractivity contribution < 1.29 is 15.0 Å². The van der Waals surface area contributed by atoms with Gasteiger partial charge in [-0.05, 0) is 30.2 Å². The molecule has 0 aliphatic carbocycles. The summed E-state index contributed by atoms with van der Waals surface area (Å²) in [5.41, 5.74) is 2.07. The van der Waals surface area contributed by atoms with Crippen LogP contribution >= 0.6 is 0 Å². The average molecular weight is 281 g/mol. The van der Waals surface area contributed by atoms with E-state index in [2.05, 4.69) is 17.2 Å². The van der Waals surface area contributed by atoms with E-state index in [1.54, 1.807) is 18.2 Å². The molecule has 106 valence electrons. The highest BCUT2D eigenvalue weighted by Crippen LogP contribution is 2.22. The number of carbonyl (C=O) groups is 1. The molecule has 0 fully saturated rings. The maximum Gasteiger partial charge on any atom is 0.404 e. The molecule has 0 aromatic heterocycles. The number of amides is 1. The van der Waals surface area contributed by atoms with Gasteiger partial charge in [-0.1, -0.05) is 42.2 Å². The van der Waals surface area contributed by atoms with Crippen molar-refractivity contribution in [3.05, 3.63) is 65.2 Å². The summed E-state index contributed by atoms with van der Waals surface area (Å²) >= 11 is 0. The van der Waals surface area contributed by atoms with E-state index >= 15 is 0 Å². The van der Waals surface area contributed by atoms with Gasteiger partial charge >= 0.3 is 6.09 Å². The van der Waals surface area contributed by atoms with Crippen LogP contribution in [-0.2, 0) is 6.42 Å². The first-order valence-corrected chi connectivity index (χ1v) is 6.51. The largest absolute Gasteiger partial charge is 0.506 e. The summed E-state index contributed by atoms with van der Waals surface area (Å²) in [6.07, 6.45) is -0.659. The SMILES string of the molecule is O=C(O)NCCc1cccc(C#Cc2ccccc2)c1O.